The van der Waals surface area contributed by atoms with Gasteiger partial charge in [0.15, 0.2) is 5.16 Å². The second kappa shape index (κ2) is 9.81. The lowest BCUT2D eigenvalue weighted by atomic mass is 10.1. The van der Waals surface area contributed by atoms with Gasteiger partial charge in [-0.25, -0.2) is 4.68 Å². The van der Waals surface area contributed by atoms with E-state index in [2.05, 4.69) is 27.5 Å². The molecule has 1 heterocycles. The van der Waals surface area contributed by atoms with Crippen LogP contribution in [0.5, 0.6) is 0 Å². The van der Waals surface area contributed by atoms with Gasteiger partial charge in [-0.2, -0.15) is 4.98 Å². The number of aromatic nitrogens is 3. The third kappa shape index (κ3) is 5.54. The highest BCUT2D eigenvalue weighted by molar-refractivity contribution is 7.99. The van der Waals surface area contributed by atoms with Crippen molar-refractivity contribution in [3.05, 3.63) is 101 Å². The maximum atomic E-state index is 12.7. The van der Waals surface area contributed by atoms with Crippen LogP contribution in [0.1, 0.15) is 21.5 Å². The number of rotatable bonds is 7. The maximum absolute atomic E-state index is 12.7. The summed E-state index contributed by atoms with van der Waals surface area (Å²) in [5.74, 6) is -0.156. The van der Waals surface area contributed by atoms with Crippen molar-refractivity contribution in [1.29, 1.82) is 0 Å². The number of anilines is 1. The minimum Gasteiger partial charge on any atom is -0.321 e. The van der Waals surface area contributed by atoms with Crippen molar-refractivity contribution in [3.63, 3.8) is 0 Å². The first kappa shape index (κ1) is 21.2. The quantitative estimate of drug-likeness (QED) is 0.383. The molecule has 1 aromatic heterocycles. The van der Waals surface area contributed by atoms with E-state index in [1.807, 2.05) is 73.7 Å². The van der Waals surface area contributed by atoms with Crippen LogP contribution in [-0.4, -0.2) is 20.7 Å². The van der Waals surface area contributed by atoms with Crippen LogP contribution in [0.3, 0.4) is 0 Å². The first-order valence-electron chi connectivity index (χ1n) is 9.87. The molecule has 1 N–H and O–H groups in total. The van der Waals surface area contributed by atoms with Crippen LogP contribution in [0.15, 0.2) is 88.9 Å². The number of hydrogen-bond acceptors (Lipinski definition) is 4. The molecule has 3 aromatic carbocycles. The Kier molecular flexibility index (Phi) is 6.70. The van der Waals surface area contributed by atoms with Crippen molar-refractivity contribution in [2.24, 2.45) is 0 Å². The van der Waals surface area contributed by atoms with Crippen molar-refractivity contribution in [3.8, 4) is 0 Å². The number of halogens is 1. The van der Waals surface area contributed by atoms with Crippen LogP contribution in [0.4, 0.5) is 5.69 Å². The van der Waals surface area contributed by atoms with Crippen molar-refractivity contribution in [2.75, 3.05) is 5.32 Å². The number of aryl methyl sites for hydroxylation is 3. The molecule has 0 fully saturated rings. The highest BCUT2D eigenvalue weighted by Crippen LogP contribution is 2.33. The lowest BCUT2D eigenvalue weighted by Gasteiger charge is -2.11. The highest BCUT2D eigenvalue weighted by Gasteiger charge is 2.14. The Morgan fingerprint density at radius 3 is 2.48 bits per heavy atom. The van der Waals surface area contributed by atoms with Crippen molar-refractivity contribution in [2.45, 2.75) is 29.9 Å². The molecule has 0 radical (unpaired) electrons. The molecule has 0 spiro atoms. The van der Waals surface area contributed by atoms with Crippen molar-refractivity contribution >= 4 is 35.0 Å². The van der Waals surface area contributed by atoms with Gasteiger partial charge in [-0.15, -0.1) is 5.10 Å². The third-order valence-corrected chi connectivity index (χ3v) is 5.94. The van der Waals surface area contributed by atoms with Crippen LogP contribution >= 0.6 is 23.4 Å². The molecule has 4 rings (SSSR count). The summed E-state index contributed by atoms with van der Waals surface area (Å²) in [6.45, 7) is 2.65. The number of nitrogens with one attached hydrogen (secondary N) is 1. The summed E-state index contributed by atoms with van der Waals surface area (Å²) < 4.78 is 1.80. The Balaban J connectivity index is 1.51. The predicted molar refractivity (Wildman–Crippen MR) is 125 cm³/mol. The van der Waals surface area contributed by atoms with Crippen LogP contribution < -0.4 is 5.32 Å². The van der Waals surface area contributed by atoms with Gasteiger partial charge >= 0.3 is 0 Å². The van der Waals surface area contributed by atoms with Crippen LogP contribution in [0.2, 0.25) is 5.28 Å². The lowest BCUT2D eigenvalue weighted by Crippen LogP contribution is -2.12. The average molecular weight is 449 g/mol. The minimum atomic E-state index is -0.156. The first-order chi connectivity index (χ1) is 15.1. The van der Waals surface area contributed by atoms with Gasteiger partial charge < -0.3 is 5.32 Å². The van der Waals surface area contributed by atoms with E-state index in [4.69, 9.17) is 11.6 Å². The molecule has 0 bridgehead atoms. The van der Waals surface area contributed by atoms with E-state index in [1.165, 1.54) is 17.3 Å². The molecule has 0 aliphatic rings. The summed E-state index contributed by atoms with van der Waals surface area (Å²) >= 11 is 7.53. The Labute approximate surface area is 190 Å². The molecule has 0 saturated carbocycles. The van der Waals surface area contributed by atoms with E-state index >= 15 is 0 Å². The number of amides is 1. The SMILES string of the molecule is Cc1ccc(C(=O)Nc2ccccc2Sc2nc(Cl)nn2CCc2ccccc2)cc1. The van der Waals surface area contributed by atoms with Gasteiger partial charge in [-0.05, 0) is 66.5 Å². The van der Waals surface area contributed by atoms with Gasteiger partial charge in [0.05, 0.1) is 5.69 Å². The molecular weight excluding hydrogens is 428 g/mol. The second-order valence-corrected chi connectivity index (χ2v) is 8.39. The normalized spacial score (nSPS) is 10.8. The van der Waals surface area contributed by atoms with Gasteiger partial charge in [0.1, 0.15) is 0 Å². The lowest BCUT2D eigenvalue weighted by molar-refractivity contribution is 0.102. The smallest absolute Gasteiger partial charge is 0.255 e. The van der Waals surface area contributed by atoms with Crippen molar-refractivity contribution in [1.82, 2.24) is 14.8 Å². The number of nitrogens with zero attached hydrogens (tertiary/aromatic N) is 3. The molecule has 0 aliphatic heterocycles. The van der Waals surface area contributed by atoms with E-state index in [0.717, 1.165) is 16.9 Å². The number of carbonyl (C=O) groups is 1. The Morgan fingerprint density at radius 1 is 1.00 bits per heavy atom. The van der Waals surface area contributed by atoms with Gasteiger partial charge in [0.25, 0.3) is 5.91 Å². The molecule has 4 aromatic rings. The maximum Gasteiger partial charge on any atom is 0.255 e. The topological polar surface area (TPSA) is 59.8 Å². The monoisotopic (exact) mass is 448 g/mol. The number of benzene rings is 3. The van der Waals surface area contributed by atoms with E-state index in [9.17, 15) is 4.79 Å². The summed E-state index contributed by atoms with van der Waals surface area (Å²) in [6.07, 6.45) is 0.819. The fraction of sp³-hybridized carbons (Fsp3) is 0.125. The number of carbonyl (C=O) groups excluding carboxylic acids is 1. The molecule has 7 heteroatoms. The van der Waals surface area contributed by atoms with Crippen LogP contribution in [0, 0.1) is 6.92 Å². The molecule has 0 unspecified atom stereocenters. The van der Waals surface area contributed by atoms with E-state index < -0.39 is 0 Å². The second-order valence-electron chi connectivity index (χ2n) is 7.04. The molecule has 0 atom stereocenters. The molecule has 1 amide bonds. The minimum absolute atomic E-state index is 0.156. The highest BCUT2D eigenvalue weighted by atomic mass is 35.5. The average Bonchev–Trinajstić information content (AvgIpc) is 3.13. The van der Waals surface area contributed by atoms with Gasteiger partial charge in [0.2, 0.25) is 5.28 Å². The van der Waals surface area contributed by atoms with Gasteiger partial charge in [-0.1, -0.05) is 60.2 Å². The molecule has 0 aliphatic carbocycles. The van der Waals surface area contributed by atoms with Crippen LogP contribution in [0.25, 0.3) is 0 Å². The summed E-state index contributed by atoms with van der Waals surface area (Å²) in [4.78, 5) is 17.9. The van der Waals surface area contributed by atoms with E-state index in [-0.39, 0.29) is 11.2 Å². The zero-order valence-corrected chi connectivity index (χ0v) is 18.5. The van der Waals surface area contributed by atoms with Crippen molar-refractivity contribution < 1.29 is 4.79 Å². The van der Waals surface area contributed by atoms with E-state index in [0.29, 0.717) is 23.0 Å². The third-order valence-electron chi connectivity index (χ3n) is 4.72. The zero-order valence-electron chi connectivity index (χ0n) is 17.0. The summed E-state index contributed by atoms with van der Waals surface area (Å²) in [6, 6.07) is 25.3. The number of hydrogen-bond donors (Lipinski definition) is 1. The Bertz CT molecular complexity index is 1180. The fourth-order valence-electron chi connectivity index (χ4n) is 3.06. The molecule has 31 heavy (non-hydrogen) atoms. The first-order valence-corrected chi connectivity index (χ1v) is 11.1. The predicted octanol–water partition coefficient (Wildman–Crippen LogP) is 5.89. The molecule has 5 nitrogen and oxygen atoms in total. The van der Waals surface area contributed by atoms with Gasteiger partial charge in [0, 0.05) is 17.0 Å². The Morgan fingerprint density at radius 2 is 1.71 bits per heavy atom. The molecular formula is C24H21ClN4OS. The van der Waals surface area contributed by atoms with E-state index in [1.54, 1.807) is 4.68 Å². The van der Waals surface area contributed by atoms with Gasteiger partial charge in [-0.3, -0.25) is 4.79 Å². The molecule has 156 valence electrons. The number of para-hydroxylation sites is 1. The largest absolute Gasteiger partial charge is 0.321 e. The van der Waals surface area contributed by atoms with Crippen LogP contribution in [-0.2, 0) is 13.0 Å². The summed E-state index contributed by atoms with van der Waals surface area (Å²) in [7, 11) is 0. The molecule has 0 saturated heterocycles. The zero-order chi connectivity index (χ0) is 21.6. The standard InChI is InChI=1S/C24H21ClN4OS/c1-17-11-13-19(14-12-17)22(30)26-20-9-5-6-10-21(20)31-24-27-23(25)28-29(24)16-15-18-7-3-2-4-8-18/h2-14H,15-16H2,1H3,(H,26,30). The summed E-state index contributed by atoms with van der Waals surface area (Å²) in [5.41, 5.74) is 3.65. The Hall–Kier alpha value is -3.09. The fourth-order valence-corrected chi connectivity index (χ4v) is 4.22. The summed E-state index contributed by atoms with van der Waals surface area (Å²) in [5, 5.41) is 8.22.